The van der Waals surface area contributed by atoms with Crippen LogP contribution in [0.5, 0.6) is 0 Å². The van der Waals surface area contributed by atoms with Gasteiger partial charge in [0.2, 0.25) is 5.91 Å². The molecule has 4 aliphatic carbocycles. The van der Waals surface area contributed by atoms with Crippen LogP contribution in [0.1, 0.15) is 164 Å². The molecule has 0 spiro atoms. The zero-order valence-electron chi connectivity index (χ0n) is 34.7. The minimum Gasteiger partial charge on any atom is -0.462 e. The normalized spacial score (nSPS) is 30.9. The molecule has 0 saturated heterocycles. The molecule has 52 heavy (non-hydrogen) atoms. The van der Waals surface area contributed by atoms with Crippen LogP contribution >= 0.6 is 0 Å². The molecule has 2 unspecified atom stereocenters. The molecule has 0 aromatic heterocycles. The Balaban J connectivity index is 1.20. The van der Waals surface area contributed by atoms with Crippen LogP contribution in [-0.4, -0.2) is 62.1 Å². The molecule has 7 nitrogen and oxygen atoms in total. The number of fused-ring (bicyclic) bond motifs is 5. The zero-order chi connectivity index (χ0) is 37.7. The first kappa shape index (κ1) is 43.3. The molecule has 0 aliphatic heterocycles. The Kier molecular flexibility index (Phi) is 17.5. The predicted molar refractivity (Wildman–Crippen MR) is 217 cm³/mol. The number of ether oxygens (including phenoxy) is 1. The number of unbranched alkanes of at least 4 members (excludes halogenated alkanes) is 2. The molecule has 4 rings (SSSR count). The van der Waals surface area contributed by atoms with Gasteiger partial charge >= 0.3 is 5.97 Å². The summed E-state index contributed by atoms with van der Waals surface area (Å²) in [5.74, 6) is 5.95. The second-order valence-corrected chi connectivity index (χ2v) is 18.6. The van der Waals surface area contributed by atoms with E-state index >= 15 is 0 Å². The summed E-state index contributed by atoms with van der Waals surface area (Å²) in [5, 5.41) is 3.41. The van der Waals surface area contributed by atoms with E-state index in [0.717, 1.165) is 112 Å². The minimum atomic E-state index is -0.0873. The zero-order valence-corrected chi connectivity index (χ0v) is 34.7. The number of hydrogen-bond donors (Lipinski definition) is 3. The minimum absolute atomic E-state index is 0.00455. The van der Waals surface area contributed by atoms with Gasteiger partial charge in [0.25, 0.3) is 0 Å². The molecule has 4 aliphatic rings. The maximum Gasteiger partial charge on any atom is 0.306 e. The summed E-state index contributed by atoms with van der Waals surface area (Å²) in [6.07, 6.45) is 22.8. The number of rotatable bonds is 23. The summed E-state index contributed by atoms with van der Waals surface area (Å²) in [7, 11) is 0. The van der Waals surface area contributed by atoms with E-state index in [1.807, 2.05) is 4.90 Å². The molecule has 0 aromatic carbocycles. The highest BCUT2D eigenvalue weighted by Gasteiger charge is 2.59. The van der Waals surface area contributed by atoms with Crippen molar-refractivity contribution in [1.82, 2.24) is 10.2 Å². The van der Waals surface area contributed by atoms with Gasteiger partial charge < -0.3 is 26.4 Å². The molecule has 0 aromatic rings. The monoisotopic (exact) mass is 727 g/mol. The summed E-state index contributed by atoms with van der Waals surface area (Å²) in [5.41, 5.74) is 13.7. The number of amides is 1. The maximum absolute atomic E-state index is 13.0. The predicted octanol–water partition coefficient (Wildman–Crippen LogP) is 9.03. The first-order valence-corrected chi connectivity index (χ1v) is 22.3. The number of carbonyl (C=O) groups excluding carboxylic acids is 2. The number of nitrogens with one attached hydrogen (secondary N) is 1. The van der Waals surface area contributed by atoms with Crippen molar-refractivity contribution in [3.63, 3.8) is 0 Å². The van der Waals surface area contributed by atoms with E-state index in [1.54, 1.807) is 5.57 Å². The Morgan fingerprint density at radius 1 is 0.885 bits per heavy atom. The van der Waals surface area contributed by atoms with E-state index in [-0.39, 0.29) is 23.4 Å². The summed E-state index contributed by atoms with van der Waals surface area (Å²) in [6.45, 7) is 19.8. The standard InChI is InChI=1S/C45H82N4O3/c1-7-35(33(2)3)17-16-34(4)39-20-21-40-38-19-18-36-32-37(22-24-44(36,5)41(38)23-25-45(39,40)6)52-43(51)15-9-8-14-42(50)49(31-13-27-47)30-11-10-28-48-29-12-26-46/h18,33-35,37-41,48H,7-17,19-32,46-47H2,1-6H3/t34?,35?,37-,38-,39+,40-,41-,44-,45+/m0/s1. The molecule has 0 bridgehead atoms. The molecule has 1 amide bonds. The van der Waals surface area contributed by atoms with Crippen molar-refractivity contribution in [2.45, 2.75) is 170 Å². The second kappa shape index (κ2) is 21.0. The summed E-state index contributed by atoms with van der Waals surface area (Å²) in [6, 6.07) is 0. The van der Waals surface area contributed by atoms with Crippen molar-refractivity contribution in [3.05, 3.63) is 11.6 Å². The van der Waals surface area contributed by atoms with Gasteiger partial charge in [0, 0.05) is 32.4 Å². The molecule has 0 heterocycles. The Labute approximate surface area is 320 Å². The van der Waals surface area contributed by atoms with Gasteiger partial charge in [-0.3, -0.25) is 9.59 Å². The fourth-order valence-corrected chi connectivity index (χ4v) is 11.9. The molecule has 7 heteroatoms. The lowest BCUT2D eigenvalue weighted by Gasteiger charge is -2.58. The number of hydrogen-bond acceptors (Lipinski definition) is 6. The van der Waals surface area contributed by atoms with Crippen molar-refractivity contribution >= 4 is 11.9 Å². The third-order valence-electron chi connectivity index (χ3n) is 15.2. The lowest BCUT2D eigenvalue weighted by atomic mass is 9.47. The highest BCUT2D eigenvalue weighted by molar-refractivity contribution is 5.76. The van der Waals surface area contributed by atoms with Crippen LogP contribution in [0.25, 0.3) is 0 Å². The van der Waals surface area contributed by atoms with E-state index in [2.05, 4.69) is 52.9 Å². The molecule has 3 fully saturated rings. The summed E-state index contributed by atoms with van der Waals surface area (Å²) in [4.78, 5) is 28.0. The first-order valence-electron chi connectivity index (χ1n) is 22.3. The number of carbonyl (C=O) groups is 2. The van der Waals surface area contributed by atoms with Crippen molar-refractivity contribution in [1.29, 1.82) is 0 Å². The molecule has 300 valence electrons. The molecule has 0 radical (unpaired) electrons. The first-order chi connectivity index (χ1) is 25.0. The number of esters is 1. The van der Waals surface area contributed by atoms with Crippen molar-refractivity contribution in [2.24, 2.45) is 63.7 Å². The van der Waals surface area contributed by atoms with Crippen LogP contribution in [0.2, 0.25) is 0 Å². The fourth-order valence-electron chi connectivity index (χ4n) is 11.9. The van der Waals surface area contributed by atoms with Gasteiger partial charge in [-0.15, -0.1) is 0 Å². The summed E-state index contributed by atoms with van der Waals surface area (Å²) < 4.78 is 6.12. The smallest absolute Gasteiger partial charge is 0.306 e. The molecule has 3 saturated carbocycles. The van der Waals surface area contributed by atoms with Crippen LogP contribution in [0.4, 0.5) is 0 Å². The number of allylic oxidation sites excluding steroid dienone is 1. The third kappa shape index (κ3) is 11.1. The van der Waals surface area contributed by atoms with Gasteiger partial charge in [-0.05, 0) is 168 Å². The van der Waals surface area contributed by atoms with Gasteiger partial charge in [0.05, 0.1) is 0 Å². The highest BCUT2D eigenvalue weighted by atomic mass is 16.5. The SMILES string of the molecule is CCC(CCC(C)[C@H]1CC[C@H]2[C@@H]3CC=C4C[C@@H](OC(=O)CCCCC(=O)N(CCCN)CCCCNCCCN)CC[C@]4(C)[C@H]3CC[C@]12C)C(C)C. The number of nitrogens with two attached hydrogens (primary N) is 2. The quantitative estimate of drug-likeness (QED) is 0.0551. The highest BCUT2D eigenvalue weighted by Crippen LogP contribution is 2.67. The fraction of sp³-hybridized carbons (Fsp3) is 0.911. The topological polar surface area (TPSA) is 111 Å². The Hall–Kier alpha value is -1.44. The third-order valence-corrected chi connectivity index (χ3v) is 15.2. The van der Waals surface area contributed by atoms with Crippen molar-refractivity contribution < 1.29 is 14.3 Å². The average molecular weight is 727 g/mol. The average Bonchev–Trinajstić information content (AvgIpc) is 3.48. The van der Waals surface area contributed by atoms with Crippen LogP contribution in [0, 0.1) is 52.3 Å². The van der Waals surface area contributed by atoms with Gasteiger partial charge in [-0.1, -0.05) is 66.0 Å². The second-order valence-electron chi connectivity index (χ2n) is 18.6. The van der Waals surface area contributed by atoms with E-state index in [1.165, 1.54) is 51.4 Å². The number of nitrogens with zero attached hydrogens (tertiary/aromatic N) is 1. The van der Waals surface area contributed by atoms with E-state index in [9.17, 15) is 9.59 Å². The van der Waals surface area contributed by atoms with Crippen LogP contribution in [0.15, 0.2) is 11.6 Å². The van der Waals surface area contributed by atoms with Gasteiger partial charge in [-0.2, -0.15) is 0 Å². The van der Waals surface area contributed by atoms with Gasteiger partial charge in [0.15, 0.2) is 0 Å². The van der Waals surface area contributed by atoms with Gasteiger partial charge in [-0.25, -0.2) is 0 Å². The van der Waals surface area contributed by atoms with Crippen LogP contribution in [0.3, 0.4) is 0 Å². The van der Waals surface area contributed by atoms with E-state index in [0.29, 0.717) is 44.3 Å². The Morgan fingerprint density at radius 3 is 2.35 bits per heavy atom. The molecule has 9 atom stereocenters. The molecular weight excluding hydrogens is 645 g/mol. The Morgan fingerprint density at radius 2 is 1.62 bits per heavy atom. The molecule has 5 N–H and O–H groups in total. The van der Waals surface area contributed by atoms with E-state index in [4.69, 9.17) is 16.2 Å². The van der Waals surface area contributed by atoms with Crippen molar-refractivity contribution in [2.75, 3.05) is 39.3 Å². The van der Waals surface area contributed by atoms with E-state index < -0.39 is 0 Å². The lowest BCUT2D eigenvalue weighted by molar-refractivity contribution is -0.151. The largest absolute Gasteiger partial charge is 0.462 e. The molecular formula is C45H82N4O3. The van der Waals surface area contributed by atoms with Gasteiger partial charge in [0.1, 0.15) is 6.10 Å². The lowest BCUT2D eigenvalue weighted by Crippen LogP contribution is -2.51. The maximum atomic E-state index is 13.0. The summed E-state index contributed by atoms with van der Waals surface area (Å²) >= 11 is 0. The van der Waals surface area contributed by atoms with Crippen LogP contribution in [-0.2, 0) is 14.3 Å². The Bertz CT molecular complexity index is 1130. The van der Waals surface area contributed by atoms with Crippen molar-refractivity contribution in [3.8, 4) is 0 Å². The van der Waals surface area contributed by atoms with Crippen LogP contribution < -0.4 is 16.8 Å².